The number of esters is 1. The van der Waals surface area contributed by atoms with Gasteiger partial charge in [0, 0.05) is 5.39 Å². The van der Waals surface area contributed by atoms with Crippen LogP contribution in [0.1, 0.15) is 17.5 Å². The molecule has 144 valence electrons. The van der Waals surface area contributed by atoms with Crippen molar-refractivity contribution in [3.05, 3.63) is 66.4 Å². The number of para-hydroxylation sites is 2. The fourth-order valence-corrected chi connectivity index (χ4v) is 2.46. The van der Waals surface area contributed by atoms with Crippen molar-refractivity contribution in [3.8, 4) is 5.75 Å². The molecule has 1 amide bonds. The summed E-state index contributed by atoms with van der Waals surface area (Å²) in [5, 5.41) is 3.25. The lowest BCUT2D eigenvalue weighted by Gasteiger charge is -2.13. The SMILES string of the molecule is C[C@@H](NC(=O)COc1ccccc1)C(=O)OCC(=O)c1cc2ccccc2o1. The highest BCUT2D eigenvalue weighted by molar-refractivity contribution is 5.99. The third kappa shape index (κ3) is 4.97. The number of carbonyl (C=O) groups is 3. The van der Waals surface area contributed by atoms with Crippen molar-refractivity contribution in [3.63, 3.8) is 0 Å². The van der Waals surface area contributed by atoms with Crippen LogP contribution in [0.4, 0.5) is 0 Å². The third-order valence-corrected chi connectivity index (χ3v) is 3.89. The monoisotopic (exact) mass is 381 g/mol. The van der Waals surface area contributed by atoms with Gasteiger partial charge in [0.25, 0.3) is 5.91 Å². The van der Waals surface area contributed by atoms with Gasteiger partial charge in [-0.1, -0.05) is 36.4 Å². The van der Waals surface area contributed by atoms with E-state index in [4.69, 9.17) is 13.9 Å². The summed E-state index contributed by atoms with van der Waals surface area (Å²) in [7, 11) is 0. The number of rotatable bonds is 8. The molecule has 1 N–H and O–H groups in total. The molecule has 7 nitrogen and oxygen atoms in total. The molecule has 0 saturated carbocycles. The van der Waals surface area contributed by atoms with Crippen molar-refractivity contribution in [2.24, 2.45) is 0 Å². The summed E-state index contributed by atoms with van der Waals surface area (Å²) in [6.45, 7) is 0.757. The zero-order valence-corrected chi connectivity index (χ0v) is 15.2. The molecule has 7 heteroatoms. The maximum atomic E-state index is 12.1. The molecular formula is C21H19NO6. The number of benzene rings is 2. The first-order chi connectivity index (χ1) is 13.5. The second-order valence-corrected chi connectivity index (χ2v) is 6.07. The molecule has 0 aliphatic carbocycles. The average molecular weight is 381 g/mol. The van der Waals surface area contributed by atoms with Gasteiger partial charge in [0.05, 0.1) is 0 Å². The summed E-state index contributed by atoms with van der Waals surface area (Å²) in [5.74, 6) is -1.00. The van der Waals surface area contributed by atoms with Crippen molar-refractivity contribution < 1.29 is 28.3 Å². The van der Waals surface area contributed by atoms with Crippen LogP contribution in [-0.2, 0) is 14.3 Å². The highest BCUT2D eigenvalue weighted by atomic mass is 16.5. The molecule has 0 spiro atoms. The van der Waals surface area contributed by atoms with Crippen molar-refractivity contribution in [1.29, 1.82) is 0 Å². The van der Waals surface area contributed by atoms with E-state index in [0.29, 0.717) is 11.3 Å². The van der Waals surface area contributed by atoms with E-state index in [1.54, 1.807) is 42.5 Å². The molecule has 0 aliphatic heterocycles. The van der Waals surface area contributed by atoms with Crippen molar-refractivity contribution >= 4 is 28.6 Å². The molecule has 1 atom stereocenters. The van der Waals surface area contributed by atoms with Crippen LogP contribution < -0.4 is 10.1 Å². The topological polar surface area (TPSA) is 94.8 Å². The molecular weight excluding hydrogens is 362 g/mol. The molecule has 1 heterocycles. The smallest absolute Gasteiger partial charge is 0.328 e. The van der Waals surface area contributed by atoms with Gasteiger partial charge >= 0.3 is 5.97 Å². The molecule has 0 fully saturated rings. The molecule has 1 aromatic heterocycles. The van der Waals surface area contributed by atoms with Crippen molar-refractivity contribution in [1.82, 2.24) is 5.32 Å². The minimum atomic E-state index is -0.921. The van der Waals surface area contributed by atoms with Gasteiger partial charge in [0.1, 0.15) is 17.4 Å². The van der Waals surface area contributed by atoms with Crippen LogP contribution >= 0.6 is 0 Å². The fraction of sp³-hybridized carbons (Fsp3) is 0.190. The van der Waals surface area contributed by atoms with Gasteiger partial charge in [0.2, 0.25) is 5.78 Å². The van der Waals surface area contributed by atoms with Gasteiger partial charge in [-0.05, 0) is 31.2 Å². The molecule has 0 bridgehead atoms. The number of amides is 1. The van der Waals surface area contributed by atoms with E-state index in [0.717, 1.165) is 5.39 Å². The summed E-state index contributed by atoms with van der Waals surface area (Å²) in [6, 6.07) is 16.7. The first kappa shape index (κ1) is 19.2. The normalized spacial score (nSPS) is 11.6. The van der Waals surface area contributed by atoms with Crippen LogP contribution in [0, 0.1) is 0 Å². The molecule has 3 aromatic rings. The molecule has 0 aliphatic rings. The van der Waals surface area contributed by atoms with E-state index in [1.807, 2.05) is 18.2 Å². The van der Waals surface area contributed by atoms with Crippen LogP contribution in [0.2, 0.25) is 0 Å². The second kappa shape index (κ2) is 8.85. The van der Waals surface area contributed by atoms with Crippen LogP contribution in [0.25, 0.3) is 11.0 Å². The van der Waals surface area contributed by atoms with Crippen LogP contribution in [0.3, 0.4) is 0 Å². The van der Waals surface area contributed by atoms with Gasteiger partial charge in [-0.2, -0.15) is 0 Å². The predicted octanol–water partition coefficient (Wildman–Crippen LogP) is 2.74. The number of hydrogen-bond donors (Lipinski definition) is 1. The standard InChI is InChI=1S/C21H19NO6/c1-14(22-20(24)13-26-16-8-3-2-4-9-16)21(25)27-12-17(23)19-11-15-7-5-6-10-18(15)28-19/h2-11,14H,12-13H2,1H3,(H,22,24)/t14-/m1/s1. The summed E-state index contributed by atoms with van der Waals surface area (Å²) < 4.78 is 15.7. The highest BCUT2D eigenvalue weighted by Crippen LogP contribution is 2.19. The largest absolute Gasteiger partial charge is 0.484 e. The number of Topliss-reactive ketones (excluding diaryl/α,β-unsaturated/α-hetero) is 1. The Kier molecular flexibility index (Phi) is 6.06. The van der Waals surface area contributed by atoms with Crippen LogP contribution in [0.5, 0.6) is 5.75 Å². The Bertz CT molecular complexity index is 946. The average Bonchev–Trinajstić information content (AvgIpc) is 3.15. The Morgan fingerprint density at radius 1 is 1.00 bits per heavy atom. The molecule has 0 radical (unpaired) electrons. The molecule has 0 unspecified atom stereocenters. The van der Waals surface area contributed by atoms with E-state index in [-0.39, 0.29) is 12.4 Å². The Labute approximate surface area is 161 Å². The lowest BCUT2D eigenvalue weighted by atomic mass is 10.2. The second-order valence-electron chi connectivity index (χ2n) is 6.07. The highest BCUT2D eigenvalue weighted by Gasteiger charge is 2.20. The Morgan fingerprint density at radius 3 is 2.46 bits per heavy atom. The maximum Gasteiger partial charge on any atom is 0.328 e. The first-order valence-corrected chi connectivity index (χ1v) is 8.68. The van der Waals surface area contributed by atoms with Gasteiger partial charge in [-0.3, -0.25) is 9.59 Å². The molecule has 3 rings (SSSR count). The van der Waals surface area contributed by atoms with Crippen LogP contribution in [-0.4, -0.2) is 36.9 Å². The van der Waals surface area contributed by atoms with Gasteiger partial charge in [0.15, 0.2) is 19.0 Å². The minimum Gasteiger partial charge on any atom is -0.484 e. The number of nitrogens with one attached hydrogen (secondary N) is 1. The molecule has 0 saturated heterocycles. The summed E-state index contributed by atoms with van der Waals surface area (Å²) in [6.07, 6.45) is 0. The Hall–Kier alpha value is -3.61. The van der Waals surface area contributed by atoms with E-state index in [9.17, 15) is 14.4 Å². The van der Waals surface area contributed by atoms with Crippen LogP contribution in [0.15, 0.2) is 65.1 Å². The Morgan fingerprint density at radius 2 is 1.71 bits per heavy atom. The quantitative estimate of drug-likeness (QED) is 0.476. The Balaban J connectivity index is 1.44. The molecule has 2 aromatic carbocycles. The molecule has 28 heavy (non-hydrogen) atoms. The predicted molar refractivity (Wildman–Crippen MR) is 101 cm³/mol. The van der Waals surface area contributed by atoms with Crippen molar-refractivity contribution in [2.75, 3.05) is 13.2 Å². The summed E-state index contributed by atoms with van der Waals surface area (Å²) in [5.41, 5.74) is 0.580. The van der Waals surface area contributed by atoms with E-state index in [1.165, 1.54) is 6.92 Å². The summed E-state index contributed by atoms with van der Waals surface area (Å²) >= 11 is 0. The van der Waals surface area contributed by atoms with Gasteiger partial charge < -0.3 is 19.2 Å². The number of fused-ring (bicyclic) bond motifs is 1. The first-order valence-electron chi connectivity index (χ1n) is 8.68. The number of furan rings is 1. The lowest BCUT2D eigenvalue weighted by Crippen LogP contribution is -2.42. The zero-order valence-electron chi connectivity index (χ0n) is 15.2. The number of carbonyl (C=O) groups excluding carboxylic acids is 3. The van der Waals surface area contributed by atoms with Crippen molar-refractivity contribution in [2.45, 2.75) is 13.0 Å². The third-order valence-electron chi connectivity index (χ3n) is 3.89. The minimum absolute atomic E-state index is 0.113. The maximum absolute atomic E-state index is 12.1. The fourth-order valence-electron chi connectivity index (χ4n) is 2.46. The van der Waals surface area contributed by atoms with E-state index < -0.39 is 30.3 Å². The number of ether oxygens (including phenoxy) is 2. The number of hydrogen-bond acceptors (Lipinski definition) is 6. The lowest BCUT2D eigenvalue weighted by molar-refractivity contribution is -0.146. The van der Waals surface area contributed by atoms with E-state index in [2.05, 4.69) is 5.32 Å². The van der Waals surface area contributed by atoms with Gasteiger partial charge in [-0.25, -0.2) is 4.79 Å². The summed E-state index contributed by atoms with van der Waals surface area (Å²) in [4.78, 5) is 36.0. The van der Waals surface area contributed by atoms with E-state index >= 15 is 0 Å². The number of ketones is 1. The zero-order chi connectivity index (χ0) is 19.9. The van der Waals surface area contributed by atoms with Gasteiger partial charge in [-0.15, -0.1) is 0 Å².